The van der Waals surface area contributed by atoms with Gasteiger partial charge in [0, 0.05) is 25.8 Å². The maximum atomic E-state index is 9.79. The molecule has 0 heterocycles. The molecule has 0 unspecified atom stereocenters. The molecular weight excluding hydrogens is 200 g/mol. The maximum Gasteiger partial charge on any atom is 0.0765 e. The van der Waals surface area contributed by atoms with E-state index < -0.39 is 5.60 Å². The van der Waals surface area contributed by atoms with Gasteiger partial charge in [-0.15, -0.1) is 0 Å². The second-order valence-electron chi connectivity index (χ2n) is 5.00. The predicted octanol–water partition coefficient (Wildman–Crippen LogP) is 1.66. The van der Waals surface area contributed by atoms with E-state index >= 15 is 0 Å². The van der Waals surface area contributed by atoms with E-state index in [0.717, 1.165) is 11.3 Å². The van der Waals surface area contributed by atoms with E-state index in [1.54, 1.807) is 13.8 Å². The quantitative estimate of drug-likeness (QED) is 0.814. The van der Waals surface area contributed by atoms with Crippen LogP contribution in [0.4, 0.5) is 5.69 Å². The van der Waals surface area contributed by atoms with Crippen LogP contribution in [-0.4, -0.2) is 24.3 Å². The van der Waals surface area contributed by atoms with E-state index in [1.807, 2.05) is 11.9 Å². The minimum Gasteiger partial charge on any atom is -0.389 e. The van der Waals surface area contributed by atoms with E-state index in [0.29, 0.717) is 13.1 Å². The third-order valence-electron chi connectivity index (χ3n) is 2.49. The summed E-state index contributed by atoms with van der Waals surface area (Å²) < 4.78 is 0. The Bertz CT molecular complexity index is 355. The first-order valence-corrected chi connectivity index (χ1v) is 5.56. The Morgan fingerprint density at radius 3 is 2.50 bits per heavy atom. The minimum atomic E-state index is -0.703. The Balaban J connectivity index is 2.94. The standard InChI is InChI=1S/C13H22N2O/c1-10-5-6-12(11(7-10)8-14)15(4)9-13(2,3)16/h5-7,16H,8-9,14H2,1-4H3. The number of hydrogen-bond acceptors (Lipinski definition) is 3. The number of aryl methyl sites for hydroxylation is 1. The lowest BCUT2D eigenvalue weighted by atomic mass is 10.1. The van der Waals surface area contributed by atoms with Gasteiger partial charge in [0.15, 0.2) is 0 Å². The highest BCUT2D eigenvalue weighted by atomic mass is 16.3. The number of nitrogens with zero attached hydrogens (tertiary/aromatic N) is 1. The summed E-state index contributed by atoms with van der Waals surface area (Å²) in [6.45, 7) is 6.77. The first kappa shape index (κ1) is 13.0. The molecule has 0 aliphatic rings. The molecule has 3 N–H and O–H groups in total. The molecule has 0 amide bonds. The number of benzene rings is 1. The number of anilines is 1. The van der Waals surface area contributed by atoms with Gasteiger partial charge in [-0.1, -0.05) is 17.7 Å². The molecule has 1 rings (SSSR count). The van der Waals surface area contributed by atoms with Crippen LogP contribution >= 0.6 is 0 Å². The second kappa shape index (κ2) is 4.85. The van der Waals surface area contributed by atoms with Crippen molar-refractivity contribution in [3.63, 3.8) is 0 Å². The Morgan fingerprint density at radius 2 is 2.00 bits per heavy atom. The summed E-state index contributed by atoms with van der Waals surface area (Å²) in [5, 5.41) is 9.79. The number of rotatable bonds is 4. The van der Waals surface area contributed by atoms with E-state index in [9.17, 15) is 5.11 Å². The highest BCUT2D eigenvalue weighted by Crippen LogP contribution is 2.22. The zero-order valence-electron chi connectivity index (χ0n) is 10.6. The van der Waals surface area contributed by atoms with Crippen molar-refractivity contribution in [3.05, 3.63) is 29.3 Å². The van der Waals surface area contributed by atoms with Crippen molar-refractivity contribution in [1.29, 1.82) is 0 Å². The van der Waals surface area contributed by atoms with Crippen molar-refractivity contribution in [2.75, 3.05) is 18.5 Å². The molecule has 1 aromatic rings. The molecular formula is C13H22N2O. The molecule has 0 saturated heterocycles. The average Bonchev–Trinajstić information content (AvgIpc) is 2.14. The third kappa shape index (κ3) is 3.51. The van der Waals surface area contributed by atoms with Crippen LogP contribution in [0, 0.1) is 6.92 Å². The Kier molecular flexibility index (Phi) is 3.94. The lowest BCUT2D eigenvalue weighted by Crippen LogP contribution is -2.36. The summed E-state index contributed by atoms with van der Waals surface area (Å²) in [7, 11) is 1.97. The first-order valence-electron chi connectivity index (χ1n) is 5.56. The van der Waals surface area contributed by atoms with E-state index in [-0.39, 0.29) is 0 Å². The van der Waals surface area contributed by atoms with Gasteiger partial charge in [0.25, 0.3) is 0 Å². The lowest BCUT2D eigenvalue weighted by molar-refractivity contribution is 0.0886. The molecule has 0 bridgehead atoms. The Morgan fingerprint density at radius 1 is 1.38 bits per heavy atom. The summed E-state index contributed by atoms with van der Waals surface area (Å²) in [5.74, 6) is 0. The smallest absolute Gasteiger partial charge is 0.0765 e. The fraction of sp³-hybridized carbons (Fsp3) is 0.538. The van der Waals surface area contributed by atoms with Crippen LogP contribution in [0.1, 0.15) is 25.0 Å². The topological polar surface area (TPSA) is 49.5 Å². The van der Waals surface area contributed by atoms with Gasteiger partial charge in [-0.3, -0.25) is 0 Å². The molecule has 0 saturated carbocycles. The highest BCUT2D eigenvalue weighted by Gasteiger charge is 2.17. The van der Waals surface area contributed by atoms with Gasteiger partial charge < -0.3 is 15.7 Å². The largest absolute Gasteiger partial charge is 0.389 e. The van der Waals surface area contributed by atoms with Crippen molar-refractivity contribution in [3.8, 4) is 0 Å². The molecule has 0 aliphatic heterocycles. The fourth-order valence-electron chi connectivity index (χ4n) is 1.92. The number of nitrogens with two attached hydrogens (primary N) is 1. The molecule has 0 aromatic heterocycles. The average molecular weight is 222 g/mol. The molecule has 0 atom stereocenters. The van der Waals surface area contributed by atoms with Gasteiger partial charge in [-0.25, -0.2) is 0 Å². The molecule has 0 radical (unpaired) electrons. The van der Waals surface area contributed by atoms with Crippen molar-refractivity contribution in [2.24, 2.45) is 5.73 Å². The zero-order chi connectivity index (χ0) is 12.3. The fourth-order valence-corrected chi connectivity index (χ4v) is 1.92. The lowest BCUT2D eigenvalue weighted by Gasteiger charge is -2.29. The van der Waals surface area contributed by atoms with Crippen LogP contribution < -0.4 is 10.6 Å². The number of hydrogen-bond donors (Lipinski definition) is 2. The molecule has 3 nitrogen and oxygen atoms in total. The molecule has 90 valence electrons. The summed E-state index contributed by atoms with van der Waals surface area (Å²) >= 11 is 0. The number of likely N-dealkylation sites (N-methyl/N-ethyl adjacent to an activating group) is 1. The highest BCUT2D eigenvalue weighted by molar-refractivity contribution is 5.54. The Labute approximate surface area is 97.9 Å². The van der Waals surface area contributed by atoms with Crippen molar-refractivity contribution >= 4 is 5.69 Å². The van der Waals surface area contributed by atoms with Crippen LogP contribution in [0.5, 0.6) is 0 Å². The third-order valence-corrected chi connectivity index (χ3v) is 2.49. The monoisotopic (exact) mass is 222 g/mol. The van der Waals surface area contributed by atoms with Crippen molar-refractivity contribution in [2.45, 2.75) is 32.9 Å². The van der Waals surface area contributed by atoms with Crippen molar-refractivity contribution < 1.29 is 5.11 Å². The van der Waals surface area contributed by atoms with Crippen LogP contribution in [0.2, 0.25) is 0 Å². The summed E-state index contributed by atoms with van der Waals surface area (Å²) in [4.78, 5) is 2.04. The van der Waals surface area contributed by atoms with E-state index in [1.165, 1.54) is 5.56 Å². The maximum absolute atomic E-state index is 9.79. The Hall–Kier alpha value is -1.06. The molecule has 0 aliphatic carbocycles. The summed E-state index contributed by atoms with van der Waals surface area (Å²) in [6.07, 6.45) is 0. The zero-order valence-corrected chi connectivity index (χ0v) is 10.6. The molecule has 0 fully saturated rings. The second-order valence-corrected chi connectivity index (χ2v) is 5.00. The normalized spacial score (nSPS) is 11.6. The van der Waals surface area contributed by atoms with Gasteiger partial charge in [0.1, 0.15) is 0 Å². The van der Waals surface area contributed by atoms with Crippen LogP contribution in [0.25, 0.3) is 0 Å². The van der Waals surface area contributed by atoms with Crippen LogP contribution in [0.3, 0.4) is 0 Å². The van der Waals surface area contributed by atoms with E-state index in [4.69, 9.17) is 5.73 Å². The molecule has 16 heavy (non-hydrogen) atoms. The van der Waals surface area contributed by atoms with Gasteiger partial charge in [-0.05, 0) is 32.4 Å². The predicted molar refractivity (Wildman–Crippen MR) is 68.6 cm³/mol. The van der Waals surface area contributed by atoms with Gasteiger partial charge >= 0.3 is 0 Å². The molecule has 3 heteroatoms. The number of aliphatic hydroxyl groups is 1. The SMILES string of the molecule is Cc1ccc(N(C)CC(C)(C)O)c(CN)c1. The van der Waals surface area contributed by atoms with Gasteiger partial charge in [0.2, 0.25) is 0 Å². The van der Waals surface area contributed by atoms with Gasteiger partial charge in [-0.2, -0.15) is 0 Å². The summed E-state index contributed by atoms with van der Waals surface area (Å²) in [6, 6.07) is 6.22. The molecule has 1 aromatic carbocycles. The summed E-state index contributed by atoms with van der Waals surface area (Å²) in [5.41, 5.74) is 8.45. The van der Waals surface area contributed by atoms with E-state index in [2.05, 4.69) is 25.1 Å². The van der Waals surface area contributed by atoms with Crippen LogP contribution in [0.15, 0.2) is 18.2 Å². The minimum absolute atomic E-state index is 0.521. The van der Waals surface area contributed by atoms with Crippen LogP contribution in [-0.2, 0) is 6.54 Å². The molecule has 0 spiro atoms. The van der Waals surface area contributed by atoms with Crippen molar-refractivity contribution in [1.82, 2.24) is 0 Å². The first-order chi connectivity index (χ1) is 7.33. The van der Waals surface area contributed by atoms with Gasteiger partial charge in [0.05, 0.1) is 5.60 Å².